The third-order valence-electron chi connectivity index (χ3n) is 4.24. The Morgan fingerprint density at radius 3 is 1.96 bits per heavy atom. The molecule has 2 N–H and O–H groups in total. The van der Waals surface area contributed by atoms with Crippen LogP contribution in [-0.4, -0.2) is 14.2 Å². The Morgan fingerprint density at radius 1 is 0.800 bits per heavy atom. The van der Waals surface area contributed by atoms with Crippen LogP contribution in [0.1, 0.15) is 28.2 Å². The summed E-state index contributed by atoms with van der Waals surface area (Å²) in [6, 6.07) is 16.1. The molecule has 4 heteroatoms. The molecule has 0 saturated heterocycles. The summed E-state index contributed by atoms with van der Waals surface area (Å²) < 4.78 is 16.6. The van der Waals surface area contributed by atoms with E-state index in [1.54, 1.807) is 14.2 Å². The maximum absolute atomic E-state index is 5.99. The third kappa shape index (κ3) is 3.97. The summed E-state index contributed by atoms with van der Waals surface area (Å²) in [5.41, 5.74) is 9.89. The zero-order chi connectivity index (χ0) is 17.8. The topological polar surface area (TPSA) is 57.6 Å². The largest absolute Gasteiger partial charge is 0.496 e. The maximum atomic E-state index is 5.99. The molecule has 3 rings (SSSR count). The molecule has 1 aromatic heterocycles. The SMILES string of the molecule is COc1cc(Cc2ccc(Cc3ccc(N)c(OC)c3)o2)ccc1C. The first-order valence-electron chi connectivity index (χ1n) is 8.22. The van der Waals surface area contributed by atoms with E-state index in [1.807, 2.05) is 37.3 Å². The number of ether oxygens (including phenoxy) is 2. The van der Waals surface area contributed by atoms with E-state index >= 15 is 0 Å². The summed E-state index contributed by atoms with van der Waals surface area (Å²) in [5.74, 6) is 3.44. The van der Waals surface area contributed by atoms with Crippen LogP contribution in [0.5, 0.6) is 11.5 Å². The van der Waals surface area contributed by atoms with Crippen molar-refractivity contribution < 1.29 is 13.9 Å². The Kier molecular flexibility index (Phi) is 4.98. The predicted molar refractivity (Wildman–Crippen MR) is 99.5 cm³/mol. The first-order chi connectivity index (χ1) is 12.1. The monoisotopic (exact) mass is 337 g/mol. The van der Waals surface area contributed by atoms with Crippen LogP contribution in [0.15, 0.2) is 52.9 Å². The number of furan rings is 1. The number of hydrogen-bond donors (Lipinski definition) is 1. The summed E-state index contributed by atoms with van der Waals surface area (Å²) in [5, 5.41) is 0. The minimum absolute atomic E-state index is 0.639. The van der Waals surface area contributed by atoms with Crippen molar-refractivity contribution in [2.45, 2.75) is 19.8 Å². The van der Waals surface area contributed by atoms with Crippen LogP contribution >= 0.6 is 0 Å². The summed E-state index contributed by atoms with van der Waals surface area (Å²) in [7, 11) is 3.31. The first-order valence-corrected chi connectivity index (χ1v) is 8.22. The summed E-state index contributed by atoms with van der Waals surface area (Å²) in [4.78, 5) is 0. The van der Waals surface area contributed by atoms with Crippen molar-refractivity contribution in [2.24, 2.45) is 0 Å². The van der Waals surface area contributed by atoms with Gasteiger partial charge in [-0.2, -0.15) is 0 Å². The lowest BCUT2D eigenvalue weighted by atomic mass is 10.1. The van der Waals surface area contributed by atoms with Crippen LogP contribution in [-0.2, 0) is 12.8 Å². The minimum Gasteiger partial charge on any atom is -0.496 e. The molecular formula is C21H23NO3. The van der Waals surface area contributed by atoms with Gasteiger partial charge in [0.15, 0.2) is 0 Å². The second kappa shape index (κ2) is 7.34. The van der Waals surface area contributed by atoms with E-state index in [4.69, 9.17) is 19.6 Å². The summed E-state index contributed by atoms with van der Waals surface area (Å²) >= 11 is 0. The van der Waals surface area contributed by atoms with E-state index in [9.17, 15) is 0 Å². The van der Waals surface area contributed by atoms with Gasteiger partial charge in [0.2, 0.25) is 0 Å². The minimum atomic E-state index is 0.639. The second-order valence-electron chi connectivity index (χ2n) is 6.10. The molecule has 2 aromatic carbocycles. The summed E-state index contributed by atoms with van der Waals surface area (Å²) in [6.07, 6.45) is 1.44. The Labute approximate surface area is 148 Å². The number of aryl methyl sites for hydroxylation is 1. The molecule has 0 unspecified atom stereocenters. The number of methoxy groups -OCH3 is 2. The Balaban J connectivity index is 1.72. The number of hydrogen-bond acceptors (Lipinski definition) is 4. The van der Waals surface area contributed by atoms with Crippen LogP contribution in [0.2, 0.25) is 0 Å². The van der Waals surface area contributed by atoms with Gasteiger partial charge < -0.3 is 19.6 Å². The van der Waals surface area contributed by atoms with Crippen LogP contribution in [0, 0.1) is 6.92 Å². The third-order valence-corrected chi connectivity index (χ3v) is 4.24. The highest BCUT2D eigenvalue weighted by Crippen LogP contribution is 2.25. The molecule has 3 aromatic rings. The molecule has 4 nitrogen and oxygen atoms in total. The average molecular weight is 337 g/mol. The molecule has 0 aliphatic rings. The first kappa shape index (κ1) is 17.0. The number of benzene rings is 2. The van der Waals surface area contributed by atoms with Gasteiger partial charge in [0.05, 0.1) is 19.9 Å². The van der Waals surface area contributed by atoms with E-state index in [0.29, 0.717) is 17.9 Å². The molecule has 0 bridgehead atoms. The zero-order valence-corrected chi connectivity index (χ0v) is 14.8. The fraction of sp³-hybridized carbons (Fsp3) is 0.238. The molecule has 1 heterocycles. The van der Waals surface area contributed by atoms with Gasteiger partial charge in [-0.3, -0.25) is 0 Å². The number of rotatable bonds is 6. The molecule has 0 spiro atoms. The van der Waals surface area contributed by atoms with Crippen LogP contribution in [0.4, 0.5) is 5.69 Å². The van der Waals surface area contributed by atoms with Crippen molar-refractivity contribution in [3.05, 3.63) is 76.7 Å². The number of anilines is 1. The van der Waals surface area contributed by atoms with Crippen LogP contribution in [0.3, 0.4) is 0 Å². The van der Waals surface area contributed by atoms with Crippen molar-refractivity contribution in [1.82, 2.24) is 0 Å². The van der Waals surface area contributed by atoms with Gasteiger partial charge in [-0.1, -0.05) is 18.2 Å². The van der Waals surface area contributed by atoms with Crippen LogP contribution < -0.4 is 15.2 Å². The second-order valence-corrected chi connectivity index (χ2v) is 6.10. The summed E-state index contributed by atoms with van der Waals surface area (Å²) in [6.45, 7) is 2.04. The highest BCUT2D eigenvalue weighted by Gasteiger charge is 2.08. The van der Waals surface area contributed by atoms with Crippen molar-refractivity contribution in [3.63, 3.8) is 0 Å². The Bertz CT molecular complexity index is 797. The van der Waals surface area contributed by atoms with Crippen LogP contribution in [0.25, 0.3) is 0 Å². The fourth-order valence-electron chi connectivity index (χ4n) is 2.85. The maximum Gasteiger partial charge on any atom is 0.142 e. The van der Waals surface area contributed by atoms with Gasteiger partial charge in [-0.15, -0.1) is 0 Å². The lowest BCUT2D eigenvalue weighted by Gasteiger charge is -2.07. The van der Waals surface area contributed by atoms with Gasteiger partial charge in [0.1, 0.15) is 23.0 Å². The quantitative estimate of drug-likeness (QED) is 0.679. The molecule has 0 saturated carbocycles. The Hall–Kier alpha value is -2.88. The normalized spacial score (nSPS) is 10.7. The zero-order valence-electron chi connectivity index (χ0n) is 14.8. The van der Waals surface area contributed by atoms with Crippen molar-refractivity contribution in [3.8, 4) is 11.5 Å². The van der Waals surface area contributed by atoms with Crippen molar-refractivity contribution >= 4 is 5.69 Å². The lowest BCUT2D eigenvalue weighted by Crippen LogP contribution is -1.94. The molecule has 0 amide bonds. The van der Waals surface area contributed by atoms with E-state index in [-0.39, 0.29) is 0 Å². The number of nitrogen functional groups attached to an aromatic ring is 1. The van der Waals surface area contributed by atoms with E-state index in [1.165, 1.54) is 0 Å². The molecule has 0 aliphatic carbocycles. The predicted octanol–water partition coefficient (Wildman–Crippen LogP) is 4.37. The molecule has 0 aliphatic heterocycles. The smallest absolute Gasteiger partial charge is 0.142 e. The highest BCUT2D eigenvalue weighted by molar-refractivity contribution is 5.54. The van der Waals surface area contributed by atoms with Gasteiger partial charge in [0, 0.05) is 12.8 Å². The molecule has 130 valence electrons. The highest BCUT2D eigenvalue weighted by atomic mass is 16.5. The van der Waals surface area contributed by atoms with Gasteiger partial charge in [-0.05, 0) is 53.9 Å². The molecule has 25 heavy (non-hydrogen) atoms. The van der Waals surface area contributed by atoms with Crippen molar-refractivity contribution in [2.75, 3.05) is 20.0 Å². The standard InChI is InChI=1S/C21H23NO3/c1-14-4-5-15(12-20(14)23-2)10-17-7-8-18(25-17)11-16-6-9-19(22)21(13-16)24-3/h4-9,12-13H,10-11,22H2,1-3H3. The van der Waals surface area contributed by atoms with Gasteiger partial charge >= 0.3 is 0 Å². The molecule has 0 atom stereocenters. The van der Waals surface area contributed by atoms with Gasteiger partial charge in [0.25, 0.3) is 0 Å². The molecule has 0 radical (unpaired) electrons. The lowest BCUT2D eigenvalue weighted by molar-refractivity contribution is 0.411. The number of nitrogens with two attached hydrogens (primary N) is 1. The fourth-order valence-corrected chi connectivity index (χ4v) is 2.85. The average Bonchev–Trinajstić information content (AvgIpc) is 3.05. The van der Waals surface area contributed by atoms with Crippen molar-refractivity contribution in [1.29, 1.82) is 0 Å². The Morgan fingerprint density at radius 2 is 1.36 bits per heavy atom. The van der Waals surface area contributed by atoms with Gasteiger partial charge in [-0.25, -0.2) is 0 Å². The molecule has 0 fully saturated rings. The van der Waals surface area contributed by atoms with E-state index in [0.717, 1.165) is 40.4 Å². The van der Waals surface area contributed by atoms with E-state index in [2.05, 4.69) is 18.2 Å². The van der Waals surface area contributed by atoms with E-state index < -0.39 is 0 Å². The molecular weight excluding hydrogens is 314 g/mol.